The van der Waals surface area contributed by atoms with Gasteiger partial charge in [-0.15, -0.1) is 0 Å². The number of hydrogen-bond donors (Lipinski definition) is 2. The highest BCUT2D eigenvalue weighted by Crippen LogP contribution is 2.23. The van der Waals surface area contributed by atoms with E-state index in [4.69, 9.17) is 17.4 Å². The standard InChI is InChI=1S/C14H12ClF3N2/c15-11-4-1-8(5-13(11)18)6-14(20-19)10-3-2-9(16)7-12(10)17/h1-5,7,14,20H,6,19H2. The van der Waals surface area contributed by atoms with Crippen LogP contribution in [0.5, 0.6) is 0 Å². The van der Waals surface area contributed by atoms with Gasteiger partial charge in [-0.1, -0.05) is 23.7 Å². The van der Waals surface area contributed by atoms with E-state index < -0.39 is 23.5 Å². The van der Waals surface area contributed by atoms with Gasteiger partial charge in [0, 0.05) is 11.6 Å². The first-order valence-corrected chi connectivity index (χ1v) is 6.24. The smallest absolute Gasteiger partial charge is 0.142 e. The summed E-state index contributed by atoms with van der Waals surface area (Å²) in [6, 6.07) is 6.93. The number of benzene rings is 2. The van der Waals surface area contributed by atoms with Crippen molar-refractivity contribution in [3.63, 3.8) is 0 Å². The van der Waals surface area contributed by atoms with Crippen LogP contribution in [-0.2, 0) is 6.42 Å². The first kappa shape index (κ1) is 14.8. The zero-order chi connectivity index (χ0) is 14.7. The molecule has 0 radical (unpaired) electrons. The van der Waals surface area contributed by atoms with Gasteiger partial charge in [-0.05, 0) is 30.2 Å². The van der Waals surface area contributed by atoms with Crippen LogP contribution in [0.25, 0.3) is 0 Å². The summed E-state index contributed by atoms with van der Waals surface area (Å²) in [5.41, 5.74) is 3.25. The van der Waals surface area contributed by atoms with Gasteiger partial charge in [-0.3, -0.25) is 11.3 Å². The van der Waals surface area contributed by atoms with Crippen LogP contribution in [0.4, 0.5) is 13.2 Å². The van der Waals surface area contributed by atoms with Crippen molar-refractivity contribution in [1.29, 1.82) is 0 Å². The minimum atomic E-state index is -0.706. The lowest BCUT2D eigenvalue weighted by molar-refractivity contribution is 0.501. The molecule has 0 aliphatic heterocycles. The third-order valence-electron chi connectivity index (χ3n) is 2.96. The lowest BCUT2D eigenvalue weighted by Gasteiger charge is -2.17. The van der Waals surface area contributed by atoms with Crippen molar-refractivity contribution in [2.75, 3.05) is 0 Å². The fourth-order valence-electron chi connectivity index (χ4n) is 1.95. The molecule has 0 aliphatic carbocycles. The molecule has 1 atom stereocenters. The van der Waals surface area contributed by atoms with Crippen LogP contribution >= 0.6 is 11.6 Å². The Bertz CT molecular complexity index is 619. The molecule has 0 saturated carbocycles. The third-order valence-corrected chi connectivity index (χ3v) is 3.27. The second-order valence-corrected chi connectivity index (χ2v) is 4.74. The number of hydrazine groups is 1. The number of rotatable bonds is 4. The molecule has 1 unspecified atom stereocenters. The van der Waals surface area contributed by atoms with Crippen LogP contribution in [0, 0.1) is 17.5 Å². The van der Waals surface area contributed by atoms with E-state index in [1.54, 1.807) is 6.07 Å². The summed E-state index contributed by atoms with van der Waals surface area (Å²) in [7, 11) is 0. The minimum Gasteiger partial charge on any atom is -0.271 e. The second-order valence-electron chi connectivity index (χ2n) is 4.34. The maximum atomic E-state index is 13.7. The van der Waals surface area contributed by atoms with Crippen molar-refractivity contribution >= 4 is 11.6 Å². The Hall–Kier alpha value is -1.56. The molecule has 2 rings (SSSR count). The molecule has 0 amide bonds. The first-order valence-electron chi connectivity index (χ1n) is 5.86. The highest BCUT2D eigenvalue weighted by molar-refractivity contribution is 6.30. The number of nitrogens with two attached hydrogens (primary N) is 1. The molecular weight excluding hydrogens is 289 g/mol. The van der Waals surface area contributed by atoms with Crippen molar-refractivity contribution < 1.29 is 13.2 Å². The van der Waals surface area contributed by atoms with E-state index in [9.17, 15) is 13.2 Å². The molecule has 0 aromatic heterocycles. The van der Waals surface area contributed by atoms with Crippen LogP contribution in [0.3, 0.4) is 0 Å². The van der Waals surface area contributed by atoms with Gasteiger partial charge in [0.15, 0.2) is 0 Å². The van der Waals surface area contributed by atoms with Crippen molar-refractivity contribution in [3.8, 4) is 0 Å². The van der Waals surface area contributed by atoms with Crippen LogP contribution in [-0.4, -0.2) is 0 Å². The SMILES string of the molecule is NNC(Cc1ccc(Cl)c(F)c1)c1ccc(F)cc1F. The molecule has 2 aromatic carbocycles. The van der Waals surface area contributed by atoms with Crippen molar-refractivity contribution in [1.82, 2.24) is 5.43 Å². The summed E-state index contributed by atoms with van der Waals surface area (Å²) < 4.78 is 39.9. The molecule has 0 fully saturated rings. The number of hydrogen-bond acceptors (Lipinski definition) is 2. The second kappa shape index (κ2) is 6.26. The highest BCUT2D eigenvalue weighted by Gasteiger charge is 2.16. The van der Waals surface area contributed by atoms with Gasteiger partial charge in [0.05, 0.1) is 11.1 Å². The van der Waals surface area contributed by atoms with Gasteiger partial charge in [0.2, 0.25) is 0 Å². The molecule has 0 bridgehead atoms. The zero-order valence-corrected chi connectivity index (χ0v) is 11.1. The fourth-order valence-corrected chi connectivity index (χ4v) is 2.06. The first-order chi connectivity index (χ1) is 9.51. The van der Waals surface area contributed by atoms with E-state index in [0.717, 1.165) is 12.1 Å². The molecule has 0 saturated heterocycles. The number of nitrogens with one attached hydrogen (secondary N) is 1. The molecule has 2 aromatic rings. The molecule has 6 heteroatoms. The molecule has 106 valence electrons. The summed E-state index contributed by atoms with van der Waals surface area (Å²) in [5.74, 6) is 3.47. The van der Waals surface area contributed by atoms with E-state index in [1.165, 1.54) is 18.2 Å². The van der Waals surface area contributed by atoms with Gasteiger partial charge in [-0.25, -0.2) is 13.2 Å². The largest absolute Gasteiger partial charge is 0.271 e. The van der Waals surface area contributed by atoms with Gasteiger partial charge in [-0.2, -0.15) is 0 Å². The zero-order valence-electron chi connectivity index (χ0n) is 10.3. The van der Waals surface area contributed by atoms with E-state index in [-0.39, 0.29) is 17.0 Å². The van der Waals surface area contributed by atoms with Crippen molar-refractivity contribution in [3.05, 3.63) is 70.0 Å². The average Bonchev–Trinajstić information content (AvgIpc) is 2.41. The van der Waals surface area contributed by atoms with E-state index >= 15 is 0 Å². The molecule has 0 spiro atoms. The van der Waals surface area contributed by atoms with Gasteiger partial charge in [0.25, 0.3) is 0 Å². The Morgan fingerprint density at radius 3 is 2.40 bits per heavy atom. The monoisotopic (exact) mass is 300 g/mol. The van der Waals surface area contributed by atoms with Crippen molar-refractivity contribution in [2.45, 2.75) is 12.5 Å². The predicted molar refractivity (Wildman–Crippen MR) is 71.5 cm³/mol. The summed E-state index contributed by atoms with van der Waals surface area (Å²) in [6.07, 6.45) is 0.243. The Morgan fingerprint density at radius 1 is 1.05 bits per heavy atom. The van der Waals surface area contributed by atoms with Gasteiger partial charge >= 0.3 is 0 Å². The third kappa shape index (κ3) is 3.30. The average molecular weight is 301 g/mol. The van der Waals surface area contributed by atoms with Crippen LogP contribution in [0.2, 0.25) is 5.02 Å². The Kier molecular flexibility index (Phi) is 4.65. The van der Waals surface area contributed by atoms with Crippen LogP contribution in [0.15, 0.2) is 36.4 Å². The lowest BCUT2D eigenvalue weighted by atomic mass is 9.99. The molecular formula is C14H12ClF3N2. The topological polar surface area (TPSA) is 38.0 Å². The summed E-state index contributed by atoms with van der Waals surface area (Å²) in [6.45, 7) is 0. The van der Waals surface area contributed by atoms with Crippen LogP contribution < -0.4 is 11.3 Å². The van der Waals surface area contributed by atoms with E-state index in [1.807, 2.05) is 0 Å². The Balaban J connectivity index is 2.26. The Morgan fingerprint density at radius 2 is 1.80 bits per heavy atom. The van der Waals surface area contributed by atoms with Crippen molar-refractivity contribution in [2.24, 2.45) is 5.84 Å². The summed E-state index contributed by atoms with van der Waals surface area (Å²) in [5, 5.41) is 0.0129. The summed E-state index contributed by atoms with van der Waals surface area (Å²) >= 11 is 5.59. The number of halogens is 4. The van der Waals surface area contributed by atoms with Crippen LogP contribution in [0.1, 0.15) is 17.2 Å². The normalized spacial score (nSPS) is 12.4. The van der Waals surface area contributed by atoms with E-state index in [0.29, 0.717) is 5.56 Å². The maximum Gasteiger partial charge on any atom is 0.142 e. The molecule has 0 heterocycles. The molecule has 20 heavy (non-hydrogen) atoms. The van der Waals surface area contributed by atoms with Gasteiger partial charge < -0.3 is 0 Å². The molecule has 3 N–H and O–H groups in total. The highest BCUT2D eigenvalue weighted by atomic mass is 35.5. The Labute approximate surface area is 119 Å². The van der Waals surface area contributed by atoms with Gasteiger partial charge in [0.1, 0.15) is 17.5 Å². The minimum absolute atomic E-state index is 0.0129. The molecule has 2 nitrogen and oxygen atoms in total. The predicted octanol–water partition coefficient (Wildman–Crippen LogP) is 3.50. The fraction of sp³-hybridized carbons (Fsp3) is 0.143. The quantitative estimate of drug-likeness (QED) is 0.670. The lowest BCUT2D eigenvalue weighted by Crippen LogP contribution is -2.30. The maximum absolute atomic E-state index is 13.7. The van der Waals surface area contributed by atoms with E-state index in [2.05, 4.69) is 5.43 Å². The molecule has 0 aliphatic rings. The summed E-state index contributed by atoms with van der Waals surface area (Å²) in [4.78, 5) is 0.